The summed E-state index contributed by atoms with van der Waals surface area (Å²) >= 11 is 14.1. The van der Waals surface area contributed by atoms with Gasteiger partial charge in [-0.3, -0.25) is 9.59 Å². The molecule has 1 atom stereocenters. The van der Waals surface area contributed by atoms with Gasteiger partial charge >= 0.3 is 0 Å². The zero-order valence-electron chi connectivity index (χ0n) is 18.9. The van der Waals surface area contributed by atoms with Crippen LogP contribution in [0.2, 0.25) is 10.0 Å². The van der Waals surface area contributed by atoms with E-state index in [1.807, 2.05) is 45.0 Å². The highest BCUT2D eigenvalue weighted by molar-refractivity contribution is 7.98. The Morgan fingerprint density at radius 1 is 1.09 bits per heavy atom. The van der Waals surface area contributed by atoms with Crippen LogP contribution in [0.15, 0.2) is 48.5 Å². The number of nitrogens with one attached hydrogen (secondary N) is 1. The highest BCUT2D eigenvalue weighted by Gasteiger charge is 2.28. The minimum absolute atomic E-state index is 0.0527. The van der Waals surface area contributed by atoms with E-state index in [4.69, 9.17) is 23.2 Å². The Kier molecular flexibility index (Phi) is 11.4. The monoisotopic (exact) mass is 494 g/mol. The summed E-state index contributed by atoms with van der Waals surface area (Å²) in [6.45, 7) is 6.86. The maximum Gasteiger partial charge on any atom is 0.242 e. The third-order valence-corrected chi connectivity index (χ3v) is 6.62. The van der Waals surface area contributed by atoms with E-state index in [1.54, 1.807) is 28.8 Å². The van der Waals surface area contributed by atoms with Crippen molar-refractivity contribution >= 4 is 46.8 Å². The molecule has 0 aliphatic heterocycles. The highest BCUT2D eigenvalue weighted by Crippen LogP contribution is 2.24. The average molecular weight is 496 g/mol. The molecule has 0 radical (unpaired) electrons. The molecule has 4 nitrogen and oxygen atoms in total. The molecule has 2 aromatic rings. The summed E-state index contributed by atoms with van der Waals surface area (Å²) in [5.74, 6) is 1.69. The first kappa shape index (κ1) is 26.6. The normalized spacial score (nSPS) is 11.9. The molecular formula is C25H32Cl2N2O2S. The molecule has 0 fully saturated rings. The molecule has 0 saturated carbocycles. The van der Waals surface area contributed by atoms with E-state index in [1.165, 1.54) is 5.56 Å². The molecule has 32 heavy (non-hydrogen) atoms. The van der Waals surface area contributed by atoms with Crippen LogP contribution in [0, 0.1) is 5.92 Å². The van der Waals surface area contributed by atoms with Crippen molar-refractivity contribution in [3.63, 3.8) is 0 Å². The molecular weight excluding hydrogens is 463 g/mol. The predicted octanol–water partition coefficient (Wildman–Crippen LogP) is 6.20. The Labute approximate surface area is 206 Å². The molecule has 0 spiro atoms. The minimum Gasteiger partial charge on any atom is -0.354 e. The van der Waals surface area contributed by atoms with E-state index < -0.39 is 6.04 Å². The fourth-order valence-electron chi connectivity index (χ4n) is 3.24. The number of carbonyl (C=O) groups is 2. The lowest BCUT2D eigenvalue weighted by Crippen LogP contribution is -2.49. The number of halogens is 2. The smallest absolute Gasteiger partial charge is 0.242 e. The number of carbonyl (C=O) groups excluding carboxylic acids is 2. The predicted molar refractivity (Wildman–Crippen MR) is 136 cm³/mol. The van der Waals surface area contributed by atoms with Crippen molar-refractivity contribution in [1.82, 2.24) is 10.2 Å². The standard InChI is InChI=1S/C25H32Cl2N2O2S/c1-4-23(25(31)28-15-18(2)3)29(16-20-10-11-21(26)14-22(20)27)24(30)12-13-32-17-19-8-6-5-7-9-19/h5-11,14,18,23H,4,12-13,15-17H2,1-3H3,(H,28,31). The molecule has 0 aliphatic carbocycles. The Bertz CT molecular complexity index is 878. The van der Waals surface area contributed by atoms with E-state index in [0.717, 1.165) is 11.3 Å². The molecule has 0 bridgehead atoms. The lowest BCUT2D eigenvalue weighted by Gasteiger charge is -2.31. The van der Waals surface area contributed by atoms with Crippen molar-refractivity contribution in [3.05, 3.63) is 69.7 Å². The van der Waals surface area contributed by atoms with Crippen LogP contribution in [0.25, 0.3) is 0 Å². The van der Waals surface area contributed by atoms with Crippen molar-refractivity contribution < 1.29 is 9.59 Å². The first-order chi connectivity index (χ1) is 15.3. The van der Waals surface area contributed by atoms with Crippen molar-refractivity contribution in [2.24, 2.45) is 5.92 Å². The van der Waals surface area contributed by atoms with Crippen LogP contribution in [0.4, 0.5) is 0 Å². The number of benzene rings is 2. The molecule has 0 saturated heterocycles. The Balaban J connectivity index is 2.10. The van der Waals surface area contributed by atoms with Gasteiger partial charge in [0.05, 0.1) is 0 Å². The first-order valence-corrected chi connectivity index (χ1v) is 12.9. The van der Waals surface area contributed by atoms with Gasteiger partial charge in [-0.1, -0.05) is 80.4 Å². The number of hydrogen-bond acceptors (Lipinski definition) is 3. The van der Waals surface area contributed by atoms with Crippen molar-refractivity contribution in [2.45, 2.75) is 52.0 Å². The molecule has 7 heteroatoms. The molecule has 2 aromatic carbocycles. The highest BCUT2D eigenvalue weighted by atomic mass is 35.5. The van der Waals surface area contributed by atoms with Crippen LogP contribution >= 0.6 is 35.0 Å². The van der Waals surface area contributed by atoms with Gasteiger partial charge in [0.25, 0.3) is 0 Å². The van der Waals surface area contributed by atoms with E-state index >= 15 is 0 Å². The zero-order valence-corrected chi connectivity index (χ0v) is 21.3. The number of hydrogen-bond donors (Lipinski definition) is 1. The van der Waals surface area contributed by atoms with Crippen LogP contribution in [-0.2, 0) is 21.9 Å². The molecule has 0 heterocycles. The summed E-state index contributed by atoms with van der Waals surface area (Å²) in [7, 11) is 0. The quantitative estimate of drug-likeness (QED) is 0.357. The second kappa shape index (κ2) is 13.8. The maximum absolute atomic E-state index is 13.2. The topological polar surface area (TPSA) is 49.4 Å². The van der Waals surface area contributed by atoms with Crippen LogP contribution in [0.5, 0.6) is 0 Å². The van der Waals surface area contributed by atoms with Crippen LogP contribution in [-0.4, -0.2) is 35.1 Å². The minimum atomic E-state index is -0.549. The summed E-state index contributed by atoms with van der Waals surface area (Å²) in [5.41, 5.74) is 2.01. The summed E-state index contributed by atoms with van der Waals surface area (Å²) in [5, 5.41) is 4.00. The van der Waals surface area contributed by atoms with Crippen LogP contribution in [0.3, 0.4) is 0 Å². The fraction of sp³-hybridized carbons (Fsp3) is 0.440. The van der Waals surface area contributed by atoms with Gasteiger partial charge in [0, 0.05) is 41.1 Å². The first-order valence-electron chi connectivity index (χ1n) is 10.9. The molecule has 1 N–H and O–H groups in total. The average Bonchev–Trinajstić information content (AvgIpc) is 2.77. The SMILES string of the molecule is CCC(C(=O)NCC(C)C)N(Cc1ccc(Cl)cc1Cl)C(=O)CCSCc1ccccc1. The van der Waals surface area contributed by atoms with Gasteiger partial charge in [-0.25, -0.2) is 0 Å². The molecule has 2 rings (SSSR count). The summed E-state index contributed by atoms with van der Waals surface area (Å²) in [6, 6.07) is 14.9. The Hall–Kier alpha value is -1.69. The molecule has 0 aromatic heterocycles. The van der Waals surface area contributed by atoms with Gasteiger partial charge in [-0.2, -0.15) is 11.8 Å². The summed E-state index contributed by atoms with van der Waals surface area (Å²) < 4.78 is 0. The van der Waals surface area contributed by atoms with Gasteiger partial charge < -0.3 is 10.2 Å². The molecule has 0 aliphatic rings. The maximum atomic E-state index is 13.2. The van der Waals surface area contributed by atoms with E-state index in [0.29, 0.717) is 41.1 Å². The summed E-state index contributed by atoms with van der Waals surface area (Å²) in [6.07, 6.45) is 0.884. The van der Waals surface area contributed by atoms with Crippen LogP contribution < -0.4 is 5.32 Å². The number of amides is 2. The summed E-state index contributed by atoms with van der Waals surface area (Å²) in [4.78, 5) is 27.8. The Morgan fingerprint density at radius 2 is 1.81 bits per heavy atom. The fourth-order valence-corrected chi connectivity index (χ4v) is 4.60. The van der Waals surface area contributed by atoms with E-state index in [2.05, 4.69) is 17.4 Å². The molecule has 1 unspecified atom stereocenters. The van der Waals surface area contributed by atoms with Crippen LogP contribution in [0.1, 0.15) is 44.7 Å². The third-order valence-electron chi connectivity index (χ3n) is 5.00. The molecule has 174 valence electrons. The lowest BCUT2D eigenvalue weighted by atomic mass is 10.1. The third kappa shape index (κ3) is 8.68. The second-order valence-corrected chi connectivity index (χ2v) is 10.1. The van der Waals surface area contributed by atoms with Gasteiger partial charge in [0.2, 0.25) is 11.8 Å². The largest absolute Gasteiger partial charge is 0.354 e. The van der Waals surface area contributed by atoms with E-state index in [-0.39, 0.29) is 18.4 Å². The van der Waals surface area contributed by atoms with Crippen molar-refractivity contribution in [1.29, 1.82) is 0 Å². The number of nitrogens with zero attached hydrogens (tertiary/aromatic N) is 1. The van der Waals surface area contributed by atoms with Gasteiger partial charge in [0.15, 0.2) is 0 Å². The van der Waals surface area contributed by atoms with Crippen molar-refractivity contribution in [3.8, 4) is 0 Å². The van der Waals surface area contributed by atoms with Gasteiger partial charge in [-0.15, -0.1) is 0 Å². The van der Waals surface area contributed by atoms with Gasteiger partial charge in [-0.05, 0) is 35.6 Å². The second-order valence-electron chi connectivity index (χ2n) is 8.11. The number of thioether (sulfide) groups is 1. The Morgan fingerprint density at radius 3 is 2.44 bits per heavy atom. The van der Waals surface area contributed by atoms with Crippen molar-refractivity contribution in [2.75, 3.05) is 12.3 Å². The number of rotatable bonds is 12. The lowest BCUT2D eigenvalue weighted by molar-refractivity contribution is -0.141. The van der Waals surface area contributed by atoms with Gasteiger partial charge in [0.1, 0.15) is 6.04 Å². The zero-order chi connectivity index (χ0) is 23.5. The van der Waals surface area contributed by atoms with E-state index in [9.17, 15) is 9.59 Å². The molecule has 2 amide bonds.